The molecule has 0 amide bonds. The van der Waals surface area contributed by atoms with Gasteiger partial charge in [0.15, 0.2) is 0 Å². The lowest BCUT2D eigenvalue weighted by molar-refractivity contribution is -0.157. The summed E-state index contributed by atoms with van der Waals surface area (Å²) >= 11 is 0. The van der Waals surface area contributed by atoms with Crippen LogP contribution >= 0.6 is 0 Å². The zero-order valence-corrected chi connectivity index (χ0v) is 35.1. The molecule has 5 N–H and O–H groups in total. The van der Waals surface area contributed by atoms with E-state index in [9.17, 15) is 19.8 Å². The number of carbonyl (C=O) groups excluding carboxylic acids is 2. The molecule has 3 aliphatic rings. The summed E-state index contributed by atoms with van der Waals surface area (Å²) < 4.78 is 23.9. The smallest absolute Gasteiger partial charge is 0.309 e. The molecular weight excluding hydrogens is 741 g/mol. The van der Waals surface area contributed by atoms with E-state index in [-0.39, 0.29) is 74.0 Å². The van der Waals surface area contributed by atoms with Crippen LogP contribution in [0.1, 0.15) is 97.4 Å². The number of hydrogen-bond acceptors (Lipinski definition) is 11. The predicted molar refractivity (Wildman–Crippen MR) is 222 cm³/mol. The average molecular weight is 805 g/mol. The van der Waals surface area contributed by atoms with E-state index in [4.69, 9.17) is 28.8 Å². The van der Waals surface area contributed by atoms with E-state index in [0.717, 1.165) is 17.6 Å². The molecule has 318 valence electrons. The number of ether oxygens (including phenoxy) is 4. The van der Waals surface area contributed by atoms with E-state index in [2.05, 4.69) is 86.0 Å². The number of rotatable bonds is 11. The lowest BCUT2D eigenvalue weighted by atomic mass is 9.78. The van der Waals surface area contributed by atoms with Crippen LogP contribution in [-0.4, -0.2) is 94.6 Å². The van der Waals surface area contributed by atoms with E-state index in [1.807, 2.05) is 44.2 Å². The van der Waals surface area contributed by atoms with Gasteiger partial charge in [-0.2, -0.15) is 0 Å². The molecule has 12 heteroatoms. The number of hydrogen-bond donors (Lipinski definition) is 5. The van der Waals surface area contributed by atoms with Gasteiger partial charge in [0.25, 0.3) is 6.47 Å². The molecule has 4 unspecified atom stereocenters. The molecule has 0 aliphatic carbocycles. The van der Waals surface area contributed by atoms with Crippen molar-refractivity contribution in [1.29, 1.82) is 0 Å². The summed E-state index contributed by atoms with van der Waals surface area (Å²) in [4.78, 5) is 33.4. The van der Waals surface area contributed by atoms with Gasteiger partial charge in [-0.15, -0.1) is 0 Å². The number of carbonyl (C=O) groups is 3. The first-order valence-electron chi connectivity index (χ1n) is 20.3. The van der Waals surface area contributed by atoms with Crippen molar-refractivity contribution in [3.63, 3.8) is 0 Å². The van der Waals surface area contributed by atoms with Crippen LogP contribution in [0, 0.1) is 11.8 Å². The quantitative estimate of drug-likeness (QED) is 0.0577. The van der Waals surface area contributed by atoms with Gasteiger partial charge in [0.2, 0.25) is 0 Å². The largest absolute Gasteiger partial charge is 0.483 e. The van der Waals surface area contributed by atoms with E-state index in [0.29, 0.717) is 0 Å². The topological polar surface area (TPSA) is 176 Å². The summed E-state index contributed by atoms with van der Waals surface area (Å²) in [6.07, 6.45) is 7.94. The highest BCUT2D eigenvalue weighted by molar-refractivity contribution is 5.70. The first-order valence-corrected chi connectivity index (χ1v) is 20.3. The van der Waals surface area contributed by atoms with E-state index in [1.165, 1.54) is 12.5 Å². The number of cyclic esters (lactones) is 1. The Labute approximate surface area is 343 Å². The number of methoxy groups -OCH3 is 1. The predicted octanol–water partition coefficient (Wildman–Crippen LogP) is 6.15. The van der Waals surface area contributed by atoms with Crippen molar-refractivity contribution in [3.8, 4) is 0 Å². The van der Waals surface area contributed by atoms with Gasteiger partial charge in [-0.05, 0) is 62.8 Å². The molecule has 0 saturated carbocycles. The molecule has 0 spiro atoms. The summed E-state index contributed by atoms with van der Waals surface area (Å²) in [7, 11) is 1.76. The van der Waals surface area contributed by atoms with Crippen LogP contribution < -0.4 is 10.6 Å². The van der Waals surface area contributed by atoms with Gasteiger partial charge in [0, 0.05) is 25.9 Å². The van der Waals surface area contributed by atoms with E-state index < -0.39 is 41.4 Å². The number of nitrogens with one attached hydrogen (secondary N) is 2. The number of piperazine rings is 1. The maximum absolute atomic E-state index is 13.1. The summed E-state index contributed by atoms with van der Waals surface area (Å²) in [6, 6.07) is 20.8. The standard InChI is InChI=1S/C45H62N2O8.CH2O2/c1-9-35(52-8)30(4)41-42(55-41)43-44(6,47-39(33-20-14-11-15-21-33)38(46-43)32-18-12-10-13-19-32)25-16-17-28(2)40-29(3)22-23-36(53-31(5)48)45(7,51)26-24-34(49)27-37(50)54-40;2-1-3/h10-23,25,29-30,34-36,38-43,46-47,49,51H,9,24,26-27H2,1-8H3;1H,(H,2,3)/b23-22+,25-16+,28-17+;/t29-,30+,34+,35-,36-,38?,39?,40+,41+,42-,43?,44?,45+;/m0./s1. The number of aliphatic hydroxyl groups is 2. The van der Waals surface area contributed by atoms with Gasteiger partial charge in [-0.3, -0.25) is 19.7 Å². The first-order chi connectivity index (χ1) is 27.6. The first kappa shape index (κ1) is 46.5. The maximum atomic E-state index is 13.1. The molecule has 0 aromatic heterocycles. The number of epoxide rings is 1. The lowest BCUT2D eigenvalue weighted by Gasteiger charge is -2.49. The Morgan fingerprint density at radius 1 is 1.03 bits per heavy atom. The SMILES string of the molecule is CC[C@H](OC)[C@@H](C)[C@H]1O[C@@H]1C1NC(c2ccccc2)C(c2ccccc2)NC1(C)/C=C/C=C(\C)[C@H]1OC(=O)C[C@H](O)CC[C@@](C)(O)[C@@H](OC(C)=O)/C=C/[C@@H]1C.O=CO. The number of carboxylic acid groups (broad SMARTS) is 1. The Kier molecular flexibility index (Phi) is 17.0. The van der Waals surface area contributed by atoms with Gasteiger partial charge >= 0.3 is 11.9 Å². The number of benzene rings is 2. The van der Waals surface area contributed by atoms with Crippen molar-refractivity contribution in [2.45, 2.75) is 140 Å². The van der Waals surface area contributed by atoms with Gasteiger partial charge < -0.3 is 39.6 Å². The summed E-state index contributed by atoms with van der Waals surface area (Å²) in [5, 5.41) is 36.9. The molecule has 3 heterocycles. The second kappa shape index (κ2) is 21.2. The van der Waals surface area contributed by atoms with Gasteiger partial charge in [0.1, 0.15) is 23.9 Å². The number of allylic oxidation sites excluding steroid dienone is 2. The molecule has 13 atom stereocenters. The summed E-state index contributed by atoms with van der Waals surface area (Å²) in [5.41, 5.74) is 1.10. The second-order valence-corrected chi connectivity index (χ2v) is 16.3. The van der Waals surface area contributed by atoms with Crippen LogP contribution in [0.4, 0.5) is 0 Å². The minimum absolute atomic E-state index is 0.0223. The van der Waals surface area contributed by atoms with Crippen molar-refractivity contribution in [2.75, 3.05) is 7.11 Å². The van der Waals surface area contributed by atoms with Crippen LogP contribution in [-0.2, 0) is 33.3 Å². The van der Waals surface area contributed by atoms with Crippen LogP contribution in [0.2, 0.25) is 0 Å². The fraction of sp³-hybridized carbons (Fsp3) is 0.543. The van der Waals surface area contributed by atoms with Crippen LogP contribution in [0.3, 0.4) is 0 Å². The Hall–Kier alpha value is -4.17. The highest BCUT2D eigenvalue weighted by Crippen LogP contribution is 2.44. The van der Waals surface area contributed by atoms with Crippen molar-refractivity contribution in [2.24, 2.45) is 11.8 Å². The van der Waals surface area contributed by atoms with Crippen LogP contribution in [0.5, 0.6) is 0 Å². The van der Waals surface area contributed by atoms with Gasteiger partial charge in [0.05, 0.1) is 48.4 Å². The third kappa shape index (κ3) is 12.2. The number of aliphatic hydroxyl groups excluding tert-OH is 1. The Bertz CT molecular complexity index is 1710. The van der Waals surface area contributed by atoms with Crippen molar-refractivity contribution in [1.82, 2.24) is 10.6 Å². The average Bonchev–Trinajstić information content (AvgIpc) is 3.99. The third-order valence-corrected chi connectivity index (χ3v) is 11.7. The molecule has 2 saturated heterocycles. The molecule has 5 rings (SSSR count). The Balaban J connectivity index is 0.00000240. The van der Waals surface area contributed by atoms with Crippen molar-refractivity contribution in [3.05, 3.63) is 108 Å². The number of esters is 2. The van der Waals surface area contributed by atoms with Crippen LogP contribution in [0.25, 0.3) is 0 Å². The lowest BCUT2D eigenvalue weighted by Crippen LogP contribution is -2.67. The molecule has 2 aromatic rings. The molecule has 12 nitrogen and oxygen atoms in total. The molecule has 3 aliphatic heterocycles. The molecule has 58 heavy (non-hydrogen) atoms. The Morgan fingerprint density at radius 3 is 2.21 bits per heavy atom. The highest BCUT2D eigenvalue weighted by Gasteiger charge is 2.57. The van der Waals surface area contributed by atoms with Crippen molar-refractivity contribution >= 4 is 18.4 Å². The van der Waals surface area contributed by atoms with E-state index >= 15 is 0 Å². The molecule has 2 fully saturated rings. The normalized spacial score (nSPS) is 34.8. The zero-order chi connectivity index (χ0) is 42.6. The molecular formula is C46H64N2O10. The minimum atomic E-state index is -1.44. The molecule has 0 radical (unpaired) electrons. The maximum Gasteiger partial charge on any atom is 0.309 e. The van der Waals surface area contributed by atoms with Crippen molar-refractivity contribution < 1.29 is 48.7 Å². The monoisotopic (exact) mass is 804 g/mol. The van der Waals surface area contributed by atoms with Gasteiger partial charge in [-0.25, -0.2) is 0 Å². The Morgan fingerprint density at radius 2 is 1.64 bits per heavy atom. The van der Waals surface area contributed by atoms with Crippen LogP contribution in [0.15, 0.2) is 96.6 Å². The molecule has 2 aromatic carbocycles. The van der Waals surface area contributed by atoms with Gasteiger partial charge in [-0.1, -0.05) is 106 Å². The van der Waals surface area contributed by atoms with E-state index in [1.54, 1.807) is 20.1 Å². The summed E-state index contributed by atoms with van der Waals surface area (Å²) in [5.74, 6) is -1.20. The molecule has 0 bridgehead atoms. The second-order valence-electron chi connectivity index (χ2n) is 16.3. The summed E-state index contributed by atoms with van der Waals surface area (Å²) in [6.45, 7) is 13.0. The zero-order valence-electron chi connectivity index (χ0n) is 35.1. The highest BCUT2D eigenvalue weighted by atomic mass is 16.6. The fourth-order valence-electron chi connectivity index (χ4n) is 8.36. The fourth-order valence-corrected chi connectivity index (χ4v) is 8.36. The minimum Gasteiger partial charge on any atom is -0.483 e. The third-order valence-electron chi connectivity index (χ3n) is 11.7.